The molecular formula is C13H14ClN2O4U-. The maximum absolute atomic E-state index is 11.9. The molecule has 0 unspecified atom stereocenters. The maximum atomic E-state index is 11.9. The van der Waals surface area contributed by atoms with Crippen LogP contribution in [-0.4, -0.2) is 35.5 Å². The first-order valence-electron chi connectivity index (χ1n) is 5.92. The Labute approximate surface area is 151 Å². The molecule has 1 aromatic rings. The molecule has 0 bridgehead atoms. The second-order valence-corrected chi connectivity index (χ2v) is 4.32. The molecule has 0 saturated carbocycles. The Morgan fingerprint density at radius 1 is 1.43 bits per heavy atom. The number of aliphatic carboxylic acids is 1. The molecule has 0 saturated heterocycles. The van der Waals surface area contributed by atoms with Gasteiger partial charge in [-0.25, -0.2) is 4.79 Å². The number of halogens is 1. The smallest absolute Gasteiger partial charge is 0.327 e. The van der Waals surface area contributed by atoms with E-state index in [-0.39, 0.29) is 60.6 Å². The van der Waals surface area contributed by atoms with E-state index in [1.165, 1.54) is 12.1 Å². The molecule has 3 N–H and O–H groups in total. The van der Waals surface area contributed by atoms with Gasteiger partial charge in [-0.05, 0) is 5.02 Å². The fourth-order valence-electron chi connectivity index (χ4n) is 1.36. The first-order chi connectivity index (χ1) is 9.45. The number of carboxylic acid groups (broad SMARTS) is 1. The van der Waals surface area contributed by atoms with Crippen LogP contribution in [0.25, 0.3) is 0 Å². The van der Waals surface area contributed by atoms with Gasteiger partial charge < -0.3 is 20.5 Å². The van der Waals surface area contributed by atoms with Crippen molar-refractivity contribution in [1.82, 2.24) is 10.6 Å². The van der Waals surface area contributed by atoms with E-state index in [1.54, 1.807) is 13.0 Å². The molecule has 0 heterocycles. The molecule has 21 heavy (non-hydrogen) atoms. The van der Waals surface area contributed by atoms with Gasteiger partial charge in [-0.1, -0.05) is 12.5 Å². The molecule has 0 radical (unpaired) electrons. The Morgan fingerprint density at radius 3 is 2.62 bits per heavy atom. The van der Waals surface area contributed by atoms with E-state index < -0.39 is 17.9 Å². The van der Waals surface area contributed by atoms with Crippen molar-refractivity contribution in [3.8, 4) is 0 Å². The van der Waals surface area contributed by atoms with Crippen molar-refractivity contribution in [2.45, 2.75) is 19.4 Å². The predicted molar refractivity (Wildman–Crippen MR) is 72.5 cm³/mol. The minimum atomic E-state index is -1.25. The van der Waals surface area contributed by atoms with Crippen molar-refractivity contribution in [3.05, 3.63) is 34.9 Å². The maximum Gasteiger partial charge on any atom is 0.327 e. The zero-order valence-electron chi connectivity index (χ0n) is 11.3. The number of rotatable bonds is 6. The molecule has 8 heteroatoms. The quantitative estimate of drug-likeness (QED) is 0.471. The van der Waals surface area contributed by atoms with Crippen LogP contribution in [0.15, 0.2) is 18.2 Å². The summed E-state index contributed by atoms with van der Waals surface area (Å²) < 4.78 is 0. The summed E-state index contributed by atoms with van der Waals surface area (Å²) in [6.07, 6.45) is 0.235. The first kappa shape index (κ1) is 20.0. The fraction of sp³-hybridized carbons (Fsp3) is 0.308. The Morgan fingerprint density at radius 2 is 2.10 bits per heavy atom. The summed E-state index contributed by atoms with van der Waals surface area (Å²) in [6, 6.07) is 6.00. The molecule has 0 aliphatic rings. The van der Waals surface area contributed by atoms with E-state index >= 15 is 0 Å². The van der Waals surface area contributed by atoms with Crippen LogP contribution in [0.4, 0.5) is 0 Å². The number of carbonyl (C=O) groups is 3. The zero-order valence-corrected chi connectivity index (χ0v) is 16.2. The summed E-state index contributed by atoms with van der Waals surface area (Å²) in [5.74, 6) is -2.20. The van der Waals surface area contributed by atoms with E-state index in [4.69, 9.17) is 16.7 Å². The molecule has 0 aromatic heterocycles. The Kier molecular flexibility index (Phi) is 9.35. The standard InChI is InChI=1S/C13H14ClN2O4.U/c1-2-11(17)15-7-10(13(19)20)16-12(18)8-5-3-4-6-9(8)14;/h3-4,6,10H,2,7H2,1H3,(H,15,17)(H,16,18)(H,19,20);/q-1;/t10-;/m0./s1. The van der Waals surface area contributed by atoms with Gasteiger partial charge in [0.1, 0.15) is 6.04 Å². The molecule has 2 amide bonds. The topological polar surface area (TPSA) is 95.5 Å². The van der Waals surface area contributed by atoms with E-state index in [1.807, 2.05) is 0 Å². The van der Waals surface area contributed by atoms with Crippen LogP contribution in [0, 0.1) is 37.2 Å². The number of carbonyl (C=O) groups excluding carboxylic acids is 2. The van der Waals surface area contributed by atoms with Crippen molar-refractivity contribution in [2.24, 2.45) is 0 Å². The van der Waals surface area contributed by atoms with Gasteiger partial charge in [0.25, 0.3) is 0 Å². The fourth-order valence-corrected chi connectivity index (χ4v) is 1.57. The van der Waals surface area contributed by atoms with Gasteiger partial charge in [-0.2, -0.15) is 0 Å². The molecule has 6 nitrogen and oxygen atoms in total. The second kappa shape index (κ2) is 9.83. The molecule has 1 rings (SSSR count). The third-order valence-electron chi connectivity index (χ3n) is 2.46. The van der Waals surface area contributed by atoms with E-state index in [0.29, 0.717) is 0 Å². The molecule has 1 atom stereocenters. The molecule has 0 spiro atoms. The van der Waals surface area contributed by atoms with Gasteiger partial charge in [0, 0.05) is 44.1 Å². The number of benzene rings is 1. The monoisotopic (exact) mass is 535 g/mol. The minimum Gasteiger partial charge on any atom is -0.480 e. The van der Waals surface area contributed by atoms with Crippen LogP contribution >= 0.6 is 11.6 Å². The minimum absolute atomic E-state index is 0. The van der Waals surface area contributed by atoms with Gasteiger partial charge in [-0.15, -0.1) is 35.9 Å². The largest absolute Gasteiger partial charge is 0.480 e. The molecule has 112 valence electrons. The summed E-state index contributed by atoms with van der Waals surface area (Å²) >= 11 is 5.82. The van der Waals surface area contributed by atoms with E-state index in [2.05, 4.69) is 16.7 Å². The average molecular weight is 536 g/mol. The van der Waals surface area contributed by atoms with E-state index in [9.17, 15) is 14.4 Å². The van der Waals surface area contributed by atoms with Crippen molar-refractivity contribution < 1.29 is 50.6 Å². The average Bonchev–Trinajstić information content (AvgIpc) is 2.42. The Bertz CT molecular complexity index is 525. The van der Waals surface area contributed by atoms with Crippen LogP contribution < -0.4 is 10.6 Å². The van der Waals surface area contributed by atoms with Crippen molar-refractivity contribution >= 4 is 29.4 Å². The Balaban J connectivity index is 0.00000400. The third kappa shape index (κ3) is 6.51. The van der Waals surface area contributed by atoms with Crippen LogP contribution in [0.1, 0.15) is 23.7 Å². The SMILES string of the molecule is CCC(=O)NC[C@H](NC(=O)c1[c-]cccc1Cl)C(=O)O.[U]. The predicted octanol–water partition coefficient (Wildman–Crippen LogP) is 0.849. The molecule has 0 aliphatic carbocycles. The van der Waals surface area contributed by atoms with Crippen molar-refractivity contribution in [2.75, 3.05) is 6.54 Å². The summed E-state index contributed by atoms with van der Waals surface area (Å²) in [5.41, 5.74) is 0.0576. The zero-order chi connectivity index (χ0) is 15.1. The summed E-state index contributed by atoms with van der Waals surface area (Å²) in [7, 11) is 0. The van der Waals surface area contributed by atoms with Crippen molar-refractivity contribution in [3.63, 3.8) is 0 Å². The van der Waals surface area contributed by atoms with Gasteiger partial charge in [0.05, 0.1) is 0 Å². The second-order valence-electron chi connectivity index (χ2n) is 3.91. The number of hydrogen-bond acceptors (Lipinski definition) is 3. The molecule has 0 fully saturated rings. The van der Waals surface area contributed by atoms with Gasteiger partial charge in [0.2, 0.25) is 5.91 Å². The van der Waals surface area contributed by atoms with Crippen LogP contribution in [0.2, 0.25) is 5.02 Å². The van der Waals surface area contributed by atoms with Crippen LogP contribution in [-0.2, 0) is 9.59 Å². The summed E-state index contributed by atoms with van der Waals surface area (Å²) in [6.45, 7) is 1.45. The van der Waals surface area contributed by atoms with E-state index in [0.717, 1.165) is 0 Å². The van der Waals surface area contributed by atoms with Gasteiger partial charge >= 0.3 is 5.97 Å². The van der Waals surface area contributed by atoms with Gasteiger partial charge in [-0.3, -0.25) is 4.79 Å². The Hall–Kier alpha value is -1.03. The normalized spacial score (nSPS) is 11.0. The van der Waals surface area contributed by atoms with Gasteiger partial charge in [0.15, 0.2) is 5.91 Å². The first-order valence-corrected chi connectivity index (χ1v) is 6.30. The summed E-state index contributed by atoms with van der Waals surface area (Å²) in [4.78, 5) is 34.0. The number of hydrogen-bond donors (Lipinski definition) is 3. The summed E-state index contributed by atoms with van der Waals surface area (Å²) in [5, 5.41) is 13.9. The van der Waals surface area contributed by atoms with Crippen molar-refractivity contribution in [1.29, 1.82) is 0 Å². The molecule has 0 aliphatic heterocycles. The van der Waals surface area contributed by atoms with Crippen LogP contribution in [0.3, 0.4) is 0 Å². The number of amides is 2. The number of carboxylic acids is 1. The number of nitrogens with one attached hydrogen (secondary N) is 2. The molecular weight excluding hydrogens is 522 g/mol. The van der Waals surface area contributed by atoms with Crippen LogP contribution in [0.5, 0.6) is 0 Å². The third-order valence-corrected chi connectivity index (χ3v) is 2.78. The molecule has 1 aromatic carbocycles.